The van der Waals surface area contributed by atoms with Gasteiger partial charge in [0.15, 0.2) is 17.6 Å². The number of ether oxygens (including phenoxy) is 4. The maximum atomic E-state index is 12.6. The van der Waals surface area contributed by atoms with Gasteiger partial charge in [-0.15, -0.1) is 0 Å². The summed E-state index contributed by atoms with van der Waals surface area (Å²) in [5.41, 5.74) is 0.925. The number of hydrogen-bond acceptors (Lipinski definition) is 9. The summed E-state index contributed by atoms with van der Waals surface area (Å²) in [6.07, 6.45) is 2.50. The van der Waals surface area contributed by atoms with Crippen LogP contribution in [-0.4, -0.2) is 42.4 Å². The number of hydrogen-bond donors (Lipinski definition) is 0. The molecule has 0 aliphatic heterocycles. The molecule has 2 aromatic heterocycles. The van der Waals surface area contributed by atoms with E-state index >= 15 is 0 Å². The number of carbonyl (C=O) groups excluding carboxylic acids is 1. The SMILES string of the molecule is COc1cc(C(=O)OC(C)c2nc(-c3cccnc3)no2)cc(OC)c1OC. The van der Waals surface area contributed by atoms with Gasteiger partial charge in [0.2, 0.25) is 11.6 Å². The molecule has 2 heterocycles. The van der Waals surface area contributed by atoms with Gasteiger partial charge in [-0.25, -0.2) is 4.79 Å². The third kappa shape index (κ3) is 3.88. The van der Waals surface area contributed by atoms with Crippen molar-refractivity contribution in [2.45, 2.75) is 13.0 Å². The first kappa shape index (κ1) is 19.2. The molecule has 1 unspecified atom stereocenters. The molecule has 0 aliphatic rings. The summed E-state index contributed by atoms with van der Waals surface area (Å²) in [6.45, 7) is 1.64. The molecule has 0 aliphatic carbocycles. The lowest BCUT2D eigenvalue weighted by atomic mass is 10.2. The van der Waals surface area contributed by atoms with Crippen LogP contribution in [0.1, 0.15) is 29.3 Å². The van der Waals surface area contributed by atoms with Crippen molar-refractivity contribution in [3.63, 3.8) is 0 Å². The minimum Gasteiger partial charge on any atom is -0.493 e. The van der Waals surface area contributed by atoms with Crippen LogP contribution in [0.15, 0.2) is 41.2 Å². The predicted molar refractivity (Wildman–Crippen MR) is 97.5 cm³/mol. The lowest BCUT2D eigenvalue weighted by molar-refractivity contribution is 0.0264. The first-order valence-corrected chi connectivity index (χ1v) is 8.32. The fraction of sp³-hybridized carbons (Fsp3) is 0.263. The molecule has 0 saturated carbocycles. The summed E-state index contributed by atoms with van der Waals surface area (Å²) in [5.74, 6) is 0.995. The van der Waals surface area contributed by atoms with Crippen molar-refractivity contribution in [3.05, 3.63) is 48.1 Å². The van der Waals surface area contributed by atoms with Crippen LogP contribution in [0.3, 0.4) is 0 Å². The second-order valence-electron chi connectivity index (χ2n) is 5.66. The number of carbonyl (C=O) groups is 1. The number of aromatic nitrogens is 3. The van der Waals surface area contributed by atoms with Crippen LogP contribution < -0.4 is 14.2 Å². The van der Waals surface area contributed by atoms with Crippen molar-refractivity contribution < 1.29 is 28.3 Å². The van der Waals surface area contributed by atoms with Gasteiger partial charge in [-0.3, -0.25) is 4.98 Å². The Morgan fingerprint density at radius 3 is 2.39 bits per heavy atom. The molecule has 9 heteroatoms. The maximum Gasteiger partial charge on any atom is 0.339 e. The van der Waals surface area contributed by atoms with Crippen molar-refractivity contribution in [1.82, 2.24) is 15.1 Å². The van der Waals surface area contributed by atoms with Gasteiger partial charge >= 0.3 is 5.97 Å². The largest absolute Gasteiger partial charge is 0.493 e. The molecule has 1 aromatic carbocycles. The molecule has 146 valence electrons. The molecule has 3 aromatic rings. The van der Waals surface area contributed by atoms with E-state index in [2.05, 4.69) is 15.1 Å². The topological polar surface area (TPSA) is 106 Å². The molecule has 28 heavy (non-hydrogen) atoms. The smallest absolute Gasteiger partial charge is 0.339 e. The second kappa shape index (κ2) is 8.38. The zero-order chi connectivity index (χ0) is 20.1. The quantitative estimate of drug-likeness (QED) is 0.567. The lowest BCUT2D eigenvalue weighted by Gasteiger charge is -2.14. The molecule has 9 nitrogen and oxygen atoms in total. The fourth-order valence-corrected chi connectivity index (χ4v) is 2.49. The Labute approximate surface area is 161 Å². The Morgan fingerprint density at radius 1 is 1.11 bits per heavy atom. The molecule has 0 N–H and O–H groups in total. The van der Waals surface area contributed by atoms with E-state index in [1.807, 2.05) is 0 Å². The summed E-state index contributed by atoms with van der Waals surface area (Å²) < 4.78 is 26.4. The van der Waals surface area contributed by atoms with Crippen LogP contribution in [0.25, 0.3) is 11.4 Å². The summed E-state index contributed by atoms with van der Waals surface area (Å²) in [6, 6.07) is 6.57. The number of methoxy groups -OCH3 is 3. The highest BCUT2D eigenvalue weighted by Gasteiger charge is 2.23. The second-order valence-corrected chi connectivity index (χ2v) is 5.66. The number of nitrogens with zero attached hydrogens (tertiary/aromatic N) is 3. The zero-order valence-corrected chi connectivity index (χ0v) is 15.8. The van der Waals surface area contributed by atoms with Crippen molar-refractivity contribution in [3.8, 4) is 28.6 Å². The van der Waals surface area contributed by atoms with Crippen LogP contribution >= 0.6 is 0 Å². The molecule has 0 saturated heterocycles. The Kier molecular flexibility index (Phi) is 5.73. The highest BCUT2D eigenvalue weighted by Crippen LogP contribution is 2.38. The third-order valence-corrected chi connectivity index (χ3v) is 3.89. The van der Waals surface area contributed by atoms with Crippen molar-refractivity contribution in [2.24, 2.45) is 0 Å². The Hall–Kier alpha value is -3.62. The highest BCUT2D eigenvalue weighted by molar-refractivity contribution is 5.91. The normalized spacial score (nSPS) is 11.6. The van der Waals surface area contributed by atoms with Gasteiger partial charge in [0.1, 0.15) is 0 Å². The standard InChI is InChI=1S/C19H19N3O6/c1-11(18-21-17(22-28-18)12-6-5-7-20-10-12)27-19(23)13-8-14(24-2)16(26-4)15(9-13)25-3/h5-11H,1-4H3. The first-order chi connectivity index (χ1) is 13.6. The van der Waals surface area contributed by atoms with E-state index < -0.39 is 12.1 Å². The van der Waals surface area contributed by atoms with Crippen LogP contribution in [0, 0.1) is 0 Å². The van der Waals surface area contributed by atoms with E-state index in [-0.39, 0.29) is 11.5 Å². The van der Waals surface area contributed by atoms with E-state index in [0.717, 1.165) is 0 Å². The molecule has 0 spiro atoms. The number of pyridine rings is 1. The molecule has 3 rings (SSSR count). The molecular formula is C19H19N3O6. The minimum atomic E-state index is -0.760. The average molecular weight is 385 g/mol. The Morgan fingerprint density at radius 2 is 1.82 bits per heavy atom. The van der Waals surface area contributed by atoms with Gasteiger partial charge in [0, 0.05) is 18.0 Å². The van der Waals surface area contributed by atoms with E-state index in [0.29, 0.717) is 28.6 Å². The third-order valence-electron chi connectivity index (χ3n) is 3.89. The van der Waals surface area contributed by atoms with Crippen LogP contribution in [0.2, 0.25) is 0 Å². The minimum absolute atomic E-state index is 0.166. The molecular weight excluding hydrogens is 366 g/mol. The van der Waals surface area contributed by atoms with E-state index in [9.17, 15) is 4.79 Å². The molecule has 1 atom stereocenters. The van der Waals surface area contributed by atoms with E-state index in [1.165, 1.54) is 33.5 Å². The number of benzene rings is 1. The lowest BCUT2D eigenvalue weighted by Crippen LogP contribution is -2.10. The summed E-state index contributed by atoms with van der Waals surface area (Å²) in [4.78, 5) is 20.8. The van der Waals surface area contributed by atoms with Crippen molar-refractivity contribution in [1.29, 1.82) is 0 Å². The highest BCUT2D eigenvalue weighted by atomic mass is 16.6. The van der Waals surface area contributed by atoms with Gasteiger partial charge in [0.25, 0.3) is 5.89 Å². The van der Waals surface area contributed by atoms with Crippen molar-refractivity contribution in [2.75, 3.05) is 21.3 Å². The van der Waals surface area contributed by atoms with Crippen molar-refractivity contribution >= 4 is 5.97 Å². The molecule has 0 fully saturated rings. The predicted octanol–water partition coefficient (Wildman–Crippen LogP) is 3.08. The maximum absolute atomic E-state index is 12.6. The van der Waals surface area contributed by atoms with Gasteiger partial charge in [-0.2, -0.15) is 4.98 Å². The van der Waals surface area contributed by atoms with Crippen LogP contribution in [0.4, 0.5) is 0 Å². The monoisotopic (exact) mass is 385 g/mol. The summed E-state index contributed by atoms with van der Waals surface area (Å²) in [7, 11) is 4.41. The Balaban J connectivity index is 1.79. The first-order valence-electron chi connectivity index (χ1n) is 8.32. The summed E-state index contributed by atoms with van der Waals surface area (Å²) >= 11 is 0. The summed E-state index contributed by atoms with van der Waals surface area (Å²) in [5, 5.41) is 3.89. The molecule has 0 radical (unpaired) electrons. The van der Waals surface area contributed by atoms with Gasteiger partial charge in [-0.1, -0.05) is 5.16 Å². The fourth-order valence-electron chi connectivity index (χ4n) is 2.49. The number of rotatable bonds is 7. The van der Waals surface area contributed by atoms with Gasteiger partial charge in [-0.05, 0) is 31.2 Å². The van der Waals surface area contributed by atoms with Gasteiger partial charge in [0.05, 0.1) is 26.9 Å². The Bertz CT molecular complexity index is 932. The molecule has 0 amide bonds. The van der Waals surface area contributed by atoms with Crippen LogP contribution in [0.5, 0.6) is 17.2 Å². The van der Waals surface area contributed by atoms with E-state index in [4.69, 9.17) is 23.5 Å². The zero-order valence-electron chi connectivity index (χ0n) is 15.8. The molecule has 0 bridgehead atoms. The van der Waals surface area contributed by atoms with E-state index in [1.54, 1.807) is 31.5 Å². The van der Waals surface area contributed by atoms with Crippen LogP contribution in [-0.2, 0) is 4.74 Å². The van der Waals surface area contributed by atoms with Gasteiger partial charge < -0.3 is 23.5 Å². The number of esters is 1. The average Bonchev–Trinajstić information content (AvgIpc) is 3.23.